The van der Waals surface area contributed by atoms with Crippen LogP contribution in [0.4, 0.5) is 18.9 Å². The smallest absolute Gasteiger partial charge is 0.475 e. The largest absolute Gasteiger partial charge is 0.490 e. The number of nitrogens with zero attached hydrogens (tertiary/aromatic N) is 1. The molecule has 1 aromatic carbocycles. The summed E-state index contributed by atoms with van der Waals surface area (Å²) in [6.45, 7) is 0. The summed E-state index contributed by atoms with van der Waals surface area (Å²) >= 11 is 0. The van der Waals surface area contributed by atoms with Crippen molar-refractivity contribution >= 4 is 28.5 Å². The van der Waals surface area contributed by atoms with Gasteiger partial charge in [-0.25, -0.2) is 4.79 Å². The number of carbonyl (C=O) groups is 2. The molecule has 25 heavy (non-hydrogen) atoms. The Morgan fingerprint density at radius 2 is 1.80 bits per heavy atom. The summed E-state index contributed by atoms with van der Waals surface area (Å²) in [5.41, 5.74) is 2.32. The minimum Gasteiger partial charge on any atom is -0.475 e. The maximum Gasteiger partial charge on any atom is 0.490 e. The summed E-state index contributed by atoms with van der Waals surface area (Å²) in [5, 5.41) is 11.0. The van der Waals surface area contributed by atoms with Crippen LogP contribution in [0.5, 0.6) is 0 Å². The molecule has 3 N–H and O–H groups in total. The van der Waals surface area contributed by atoms with E-state index in [1.807, 2.05) is 24.3 Å². The monoisotopic (exact) mass is 351 g/mol. The number of amides is 1. The lowest BCUT2D eigenvalue weighted by atomic mass is 10.2. The number of benzene rings is 1. The SMILES string of the molecule is O=C(Nc1c[nH]c2ccccc12)c1cccnc1.O=C(O)C(F)(F)F. The van der Waals surface area contributed by atoms with Crippen molar-refractivity contribution in [3.8, 4) is 0 Å². The fourth-order valence-electron chi connectivity index (χ4n) is 1.87. The van der Waals surface area contributed by atoms with Crippen molar-refractivity contribution in [3.63, 3.8) is 0 Å². The van der Waals surface area contributed by atoms with Crippen LogP contribution in [0.2, 0.25) is 0 Å². The summed E-state index contributed by atoms with van der Waals surface area (Å²) in [6, 6.07) is 11.3. The molecule has 9 heteroatoms. The number of nitrogens with one attached hydrogen (secondary N) is 2. The molecule has 0 saturated heterocycles. The van der Waals surface area contributed by atoms with Gasteiger partial charge in [0.1, 0.15) is 0 Å². The van der Waals surface area contributed by atoms with E-state index < -0.39 is 12.1 Å². The van der Waals surface area contributed by atoms with Gasteiger partial charge in [0.2, 0.25) is 0 Å². The molecule has 0 unspecified atom stereocenters. The van der Waals surface area contributed by atoms with Crippen LogP contribution in [0.1, 0.15) is 10.4 Å². The maximum absolute atomic E-state index is 12.0. The maximum atomic E-state index is 12.0. The third kappa shape index (κ3) is 4.80. The number of aromatic nitrogens is 2. The Kier molecular flexibility index (Phi) is 5.38. The van der Waals surface area contributed by atoms with E-state index in [1.54, 1.807) is 30.7 Å². The fourth-order valence-corrected chi connectivity index (χ4v) is 1.87. The highest BCUT2D eigenvalue weighted by Crippen LogP contribution is 2.22. The summed E-state index contributed by atoms with van der Waals surface area (Å²) in [6.07, 6.45) is -0.106. The number of hydrogen-bond acceptors (Lipinski definition) is 3. The van der Waals surface area contributed by atoms with Gasteiger partial charge in [-0.2, -0.15) is 13.2 Å². The van der Waals surface area contributed by atoms with E-state index in [2.05, 4.69) is 15.3 Å². The first-order valence-electron chi connectivity index (χ1n) is 6.86. The minimum atomic E-state index is -5.08. The van der Waals surface area contributed by atoms with Crippen LogP contribution in [0.3, 0.4) is 0 Å². The number of halogens is 3. The average molecular weight is 351 g/mol. The van der Waals surface area contributed by atoms with E-state index in [9.17, 15) is 18.0 Å². The third-order valence-electron chi connectivity index (χ3n) is 3.00. The lowest BCUT2D eigenvalue weighted by Gasteiger charge is -2.02. The molecule has 0 aliphatic rings. The van der Waals surface area contributed by atoms with Gasteiger partial charge in [0.05, 0.1) is 11.3 Å². The van der Waals surface area contributed by atoms with Gasteiger partial charge in [-0.15, -0.1) is 0 Å². The lowest BCUT2D eigenvalue weighted by molar-refractivity contribution is -0.192. The molecule has 0 fully saturated rings. The Labute approximate surface area is 139 Å². The molecule has 3 aromatic rings. The Morgan fingerprint density at radius 3 is 2.40 bits per heavy atom. The molecular weight excluding hydrogens is 339 g/mol. The van der Waals surface area contributed by atoms with E-state index >= 15 is 0 Å². The molecule has 0 aliphatic heterocycles. The van der Waals surface area contributed by atoms with Crippen LogP contribution in [0.25, 0.3) is 10.9 Å². The highest BCUT2D eigenvalue weighted by atomic mass is 19.4. The van der Waals surface area contributed by atoms with Crippen LogP contribution in [-0.4, -0.2) is 33.1 Å². The highest BCUT2D eigenvalue weighted by molar-refractivity contribution is 6.08. The Hall–Kier alpha value is -3.36. The number of hydrogen-bond donors (Lipinski definition) is 3. The number of carboxylic acid groups (broad SMARTS) is 1. The molecule has 2 heterocycles. The summed E-state index contributed by atoms with van der Waals surface area (Å²) in [4.78, 5) is 27.9. The molecule has 0 aliphatic carbocycles. The molecule has 0 spiro atoms. The Balaban J connectivity index is 0.000000277. The summed E-state index contributed by atoms with van der Waals surface area (Å²) in [7, 11) is 0. The van der Waals surface area contributed by atoms with Gasteiger partial charge in [0.25, 0.3) is 5.91 Å². The highest BCUT2D eigenvalue weighted by Gasteiger charge is 2.38. The molecule has 2 aromatic heterocycles. The number of carbonyl (C=O) groups excluding carboxylic acids is 1. The number of fused-ring (bicyclic) bond motifs is 1. The zero-order chi connectivity index (χ0) is 18.4. The fraction of sp³-hybridized carbons (Fsp3) is 0.0625. The van der Waals surface area contributed by atoms with Crippen molar-refractivity contribution in [2.75, 3.05) is 5.32 Å². The number of aliphatic carboxylic acids is 1. The zero-order valence-electron chi connectivity index (χ0n) is 12.5. The second-order valence-corrected chi connectivity index (χ2v) is 4.75. The molecule has 130 valence electrons. The van der Waals surface area contributed by atoms with Crippen LogP contribution in [-0.2, 0) is 4.79 Å². The number of para-hydroxylation sites is 1. The number of rotatable bonds is 2. The Bertz CT molecular complexity index is 876. The van der Waals surface area contributed by atoms with Gasteiger partial charge < -0.3 is 15.4 Å². The molecule has 3 rings (SSSR count). The van der Waals surface area contributed by atoms with E-state index in [1.165, 1.54) is 0 Å². The summed E-state index contributed by atoms with van der Waals surface area (Å²) in [5.74, 6) is -2.92. The molecular formula is C16H12F3N3O3. The third-order valence-corrected chi connectivity index (χ3v) is 3.00. The van der Waals surface area contributed by atoms with Gasteiger partial charge in [-0.05, 0) is 18.2 Å². The van der Waals surface area contributed by atoms with Crippen LogP contribution >= 0.6 is 0 Å². The number of anilines is 1. The van der Waals surface area contributed by atoms with Crippen molar-refractivity contribution in [3.05, 3.63) is 60.6 Å². The van der Waals surface area contributed by atoms with E-state index in [4.69, 9.17) is 9.90 Å². The summed E-state index contributed by atoms with van der Waals surface area (Å²) < 4.78 is 31.7. The predicted octanol–water partition coefficient (Wildman–Crippen LogP) is 3.45. The van der Waals surface area contributed by atoms with Crippen LogP contribution in [0.15, 0.2) is 55.0 Å². The molecule has 0 bridgehead atoms. The Morgan fingerprint density at radius 1 is 1.12 bits per heavy atom. The second-order valence-electron chi connectivity index (χ2n) is 4.75. The lowest BCUT2D eigenvalue weighted by Crippen LogP contribution is -2.21. The zero-order valence-corrected chi connectivity index (χ0v) is 12.5. The number of pyridine rings is 1. The van der Waals surface area contributed by atoms with Gasteiger partial charge in [-0.3, -0.25) is 9.78 Å². The average Bonchev–Trinajstić information content (AvgIpc) is 2.98. The molecule has 0 radical (unpaired) electrons. The standard InChI is InChI=1S/C14H11N3O.C2HF3O2/c18-14(10-4-3-7-15-8-10)17-13-9-16-12-6-2-1-5-11(12)13;3-2(4,5)1(6)7/h1-9,16H,(H,17,18);(H,6,7). The second kappa shape index (κ2) is 7.47. The normalized spacial score (nSPS) is 10.7. The van der Waals surface area contributed by atoms with Crippen molar-refractivity contribution in [2.24, 2.45) is 0 Å². The first-order valence-corrected chi connectivity index (χ1v) is 6.86. The minimum absolute atomic E-state index is 0.159. The number of carboxylic acids is 1. The van der Waals surface area contributed by atoms with Gasteiger partial charge in [0.15, 0.2) is 0 Å². The van der Waals surface area contributed by atoms with Gasteiger partial charge >= 0.3 is 12.1 Å². The van der Waals surface area contributed by atoms with E-state index in [-0.39, 0.29) is 5.91 Å². The van der Waals surface area contributed by atoms with Crippen molar-refractivity contribution < 1.29 is 27.9 Å². The topological polar surface area (TPSA) is 95.1 Å². The predicted molar refractivity (Wildman–Crippen MR) is 84.2 cm³/mol. The molecule has 0 saturated carbocycles. The number of aromatic amines is 1. The molecule has 0 atom stereocenters. The quantitative estimate of drug-likeness (QED) is 0.659. The van der Waals surface area contributed by atoms with Gasteiger partial charge in [0, 0.05) is 29.5 Å². The van der Waals surface area contributed by atoms with Crippen molar-refractivity contribution in [1.82, 2.24) is 9.97 Å². The first-order chi connectivity index (χ1) is 11.8. The van der Waals surface area contributed by atoms with E-state index in [0.29, 0.717) is 5.56 Å². The molecule has 6 nitrogen and oxygen atoms in total. The molecule has 1 amide bonds. The van der Waals surface area contributed by atoms with E-state index in [0.717, 1.165) is 16.6 Å². The first kappa shape index (κ1) is 18.0. The number of alkyl halides is 3. The van der Waals surface area contributed by atoms with Gasteiger partial charge in [-0.1, -0.05) is 18.2 Å². The van der Waals surface area contributed by atoms with Crippen molar-refractivity contribution in [1.29, 1.82) is 0 Å². The van der Waals surface area contributed by atoms with Crippen LogP contribution < -0.4 is 5.32 Å². The number of H-pyrrole nitrogens is 1. The van der Waals surface area contributed by atoms with Crippen LogP contribution in [0, 0.1) is 0 Å². The van der Waals surface area contributed by atoms with Crippen molar-refractivity contribution in [2.45, 2.75) is 6.18 Å².